The highest BCUT2D eigenvalue weighted by molar-refractivity contribution is 7.13. The average molecular weight is 213 g/mol. The van der Waals surface area contributed by atoms with Gasteiger partial charge in [0.25, 0.3) is 0 Å². The maximum absolute atomic E-state index is 11.2. The van der Waals surface area contributed by atoms with Crippen molar-refractivity contribution in [1.29, 1.82) is 0 Å². The van der Waals surface area contributed by atoms with Crippen LogP contribution in [-0.4, -0.2) is 24.0 Å². The molecular weight excluding hydrogens is 198 g/mol. The van der Waals surface area contributed by atoms with Gasteiger partial charge >= 0.3 is 0 Å². The van der Waals surface area contributed by atoms with E-state index in [4.69, 9.17) is 0 Å². The van der Waals surface area contributed by atoms with Crippen LogP contribution in [0.1, 0.15) is 19.8 Å². The minimum atomic E-state index is 0.0219. The Hall–Kier alpha value is -1.10. The van der Waals surface area contributed by atoms with Gasteiger partial charge in [-0.05, 0) is 6.42 Å². The van der Waals surface area contributed by atoms with E-state index in [2.05, 4.69) is 22.5 Å². The fraction of sp³-hybridized carbons (Fsp3) is 0.556. The summed E-state index contributed by atoms with van der Waals surface area (Å²) in [6, 6.07) is 0. The van der Waals surface area contributed by atoms with Crippen LogP contribution in [0.25, 0.3) is 0 Å². The first kappa shape index (κ1) is 11.0. The molecule has 1 aromatic rings. The van der Waals surface area contributed by atoms with E-state index in [0.717, 1.165) is 24.5 Å². The van der Waals surface area contributed by atoms with Crippen LogP contribution >= 0.6 is 11.3 Å². The van der Waals surface area contributed by atoms with Crippen LogP contribution in [0, 0.1) is 0 Å². The van der Waals surface area contributed by atoms with E-state index in [1.807, 2.05) is 5.38 Å². The lowest BCUT2D eigenvalue weighted by molar-refractivity contribution is -0.119. The summed E-state index contributed by atoms with van der Waals surface area (Å²) in [6.45, 7) is 3.16. The highest BCUT2D eigenvalue weighted by atomic mass is 32.1. The van der Waals surface area contributed by atoms with Crippen molar-refractivity contribution in [1.82, 2.24) is 10.3 Å². The van der Waals surface area contributed by atoms with Gasteiger partial charge in [-0.3, -0.25) is 4.79 Å². The number of hydrogen-bond acceptors (Lipinski definition) is 4. The molecule has 0 aromatic carbocycles. The van der Waals surface area contributed by atoms with E-state index >= 15 is 0 Å². The Bertz CT molecular complexity index is 261. The van der Waals surface area contributed by atoms with Gasteiger partial charge in [0, 0.05) is 18.1 Å². The van der Waals surface area contributed by atoms with Gasteiger partial charge in [0.15, 0.2) is 5.13 Å². The highest BCUT2D eigenvalue weighted by Gasteiger charge is 2.00. The van der Waals surface area contributed by atoms with Crippen LogP contribution < -0.4 is 10.6 Å². The van der Waals surface area contributed by atoms with E-state index in [9.17, 15) is 4.79 Å². The molecule has 0 aliphatic carbocycles. The fourth-order valence-corrected chi connectivity index (χ4v) is 1.46. The zero-order chi connectivity index (χ0) is 10.2. The summed E-state index contributed by atoms with van der Waals surface area (Å²) < 4.78 is 0. The molecule has 4 nitrogen and oxygen atoms in total. The SMILES string of the molecule is CCCCNC(=O)CNc1nccs1. The summed E-state index contributed by atoms with van der Waals surface area (Å²) >= 11 is 1.49. The molecule has 0 fully saturated rings. The largest absolute Gasteiger partial charge is 0.355 e. The van der Waals surface area contributed by atoms with Gasteiger partial charge < -0.3 is 10.6 Å². The summed E-state index contributed by atoms with van der Waals surface area (Å²) in [5, 5.41) is 8.43. The summed E-state index contributed by atoms with van der Waals surface area (Å²) in [4.78, 5) is 15.2. The molecule has 14 heavy (non-hydrogen) atoms. The molecule has 0 radical (unpaired) electrons. The maximum Gasteiger partial charge on any atom is 0.239 e. The lowest BCUT2D eigenvalue weighted by atomic mass is 10.3. The Morgan fingerprint density at radius 2 is 2.50 bits per heavy atom. The Balaban J connectivity index is 2.09. The predicted molar refractivity (Wildman–Crippen MR) is 58.5 cm³/mol. The minimum absolute atomic E-state index is 0.0219. The molecule has 5 heteroatoms. The minimum Gasteiger partial charge on any atom is -0.355 e. The molecule has 0 saturated heterocycles. The van der Waals surface area contributed by atoms with Crippen LogP contribution in [0.5, 0.6) is 0 Å². The topological polar surface area (TPSA) is 54.0 Å². The predicted octanol–water partition coefficient (Wildman–Crippen LogP) is 1.47. The lowest BCUT2D eigenvalue weighted by Gasteiger charge is -2.04. The quantitative estimate of drug-likeness (QED) is 0.704. The fourth-order valence-electron chi connectivity index (χ4n) is 0.934. The number of amides is 1. The van der Waals surface area contributed by atoms with Crippen LogP contribution in [0.4, 0.5) is 5.13 Å². The molecule has 1 heterocycles. The molecule has 0 saturated carbocycles. The number of nitrogens with zero attached hydrogens (tertiary/aromatic N) is 1. The first-order valence-corrected chi connectivity index (χ1v) is 5.61. The molecule has 78 valence electrons. The molecule has 1 rings (SSSR count). The smallest absolute Gasteiger partial charge is 0.239 e. The standard InChI is InChI=1S/C9H15N3OS/c1-2-3-4-10-8(13)7-12-9-11-5-6-14-9/h5-6H,2-4,7H2,1H3,(H,10,13)(H,11,12). The Morgan fingerprint density at radius 3 is 3.14 bits per heavy atom. The maximum atomic E-state index is 11.2. The molecule has 0 unspecified atom stereocenters. The molecule has 0 aliphatic heterocycles. The number of hydrogen-bond donors (Lipinski definition) is 2. The van der Waals surface area contributed by atoms with Crippen LogP contribution in [-0.2, 0) is 4.79 Å². The van der Waals surface area contributed by atoms with Gasteiger partial charge in [0.05, 0.1) is 6.54 Å². The number of aromatic nitrogens is 1. The summed E-state index contributed by atoms with van der Waals surface area (Å²) in [5.74, 6) is 0.0219. The molecule has 0 atom stereocenters. The lowest BCUT2D eigenvalue weighted by Crippen LogP contribution is -2.30. The number of carbonyl (C=O) groups is 1. The first-order valence-electron chi connectivity index (χ1n) is 4.73. The molecular formula is C9H15N3OS. The number of unbranched alkanes of at least 4 members (excludes halogenated alkanes) is 1. The van der Waals surface area contributed by atoms with Gasteiger partial charge in [-0.2, -0.15) is 0 Å². The van der Waals surface area contributed by atoms with Crippen molar-refractivity contribution in [2.75, 3.05) is 18.4 Å². The van der Waals surface area contributed by atoms with E-state index in [1.54, 1.807) is 6.20 Å². The van der Waals surface area contributed by atoms with Crippen molar-refractivity contribution in [2.24, 2.45) is 0 Å². The van der Waals surface area contributed by atoms with Gasteiger partial charge in [-0.25, -0.2) is 4.98 Å². The van der Waals surface area contributed by atoms with Crippen LogP contribution in [0.3, 0.4) is 0 Å². The molecule has 0 spiro atoms. The molecule has 2 N–H and O–H groups in total. The van der Waals surface area contributed by atoms with Gasteiger partial charge in [0.1, 0.15) is 0 Å². The normalized spacial score (nSPS) is 9.79. The number of thiazole rings is 1. The zero-order valence-electron chi connectivity index (χ0n) is 8.25. The number of rotatable bonds is 6. The third kappa shape index (κ3) is 4.23. The van der Waals surface area contributed by atoms with Gasteiger partial charge in [0.2, 0.25) is 5.91 Å². The molecule has 0 aliphatic rings. The Morgan fingerprint density at radius 1 is 1.64 bits per heavy atom. The second-order valence-electron chi connectivity index (χ2n) is 2.89. The summed E-state index contributed by atoms with van der Waals surface area (Å²) in [7, 11) is 0. The Kier molecular flexibility index (Phi) is 4.99. The average Bonchev–Trinajstić information content (AvgIpc) is 2.68. The number of carbonyl (C=O) groups excluding carboxylic acids is 1. The van der Waals surface area contributed by atoms with Crippen molar-refractivity contribution >= 4 is 22.4 Å². The monoisotopic (exact) mass is 213 g/mol. The highest BCUT2D eigenvalue weighted by Crippen LogP contribution is 2.08. The van der Waals surface area contributed by atoms with E-state index in [-0.39, 0.29) is 5.91 Å². The second kappa shape index (κ2) is 6.37. The van der Waals surface area contributed by atoms with Crippen molar-refractivity contribution in [3.63, 3.8) is 0 Å². The van der Waals surface area contributed by atoms with Crippen molar-refractivity contribution in [3.8, 4) is 0 Å². The zero-order valence-corrected chi connectivity index (χ0v) is 9.06. The summed E-state index contributed by atoms with van der Waals surface area (Å²) in [5.41, 5.74) is 0. The molecule has 1 aromatic heterocycles. The third-order valence-corrected chi connectivity index (χ3v) is 2.42. The number of nitrogens with one attached hydrogen (secondary N) is 2. The number of anilines is 1. The van der Waals surface area contributed by atoms with Crippen molar-refractivity contribution in [2.45, 2.75) is 19.8 Å². The van der Waals surface area contributed by atoms with E-state index in [1.165, 1.54) is 11.3 Å². The molecule has 1 amide bonds. The first-order chi connectivity index (χ1) is 6.83. The van der Waals surface area contributed by atoms with Crippen LogP contribution in [0.2, 0.25) is 0 Å². The van der Waals surface area contributed by atoms with Crippen molar-refractivity contribution < 1.29 is 4.79 Å². The van der Waals surface area contributed by atoms with E-state index < -0.39 is 0 Å². The van der Waals surface area contributed by atoms with Gasteiger partial charge in [-0.15, -0.1) is 11.3 Å². The summed E-state index contributed by atoms with van der Waals surface area (Å²) in [6.07, 6.45) is 3.84. The van der Waals surface area contributed by atoms with Crippen LogP contribution in [0.15, 0.2) is 11.6 Å². The second-order valence-corrected chi connectivity index (χ2v) is 3.79. The third-order valence-electron chi connectivity index (χ3n) is 1.68. The van der Waals surface area contributed by atoms with E-state index in [0.29, 0.717) is 6.54 Å². The van der Waals surface area contributed by atoms with Gasteiger partial charge in [-0.1, -0.05) is 13.3 Å². The Labute approximate surface area is 87.7 Å². The van der Waals surface area contributed by atoms with Crippen molar-refractivity contribution in [3.05, 3.63) is 11.6 Å². The molecule has 0 bridgehead atoms.